The Balaban J connectivity index is 2.32. The van der Waals surface area contributed by atoms with Gasteiger partial charge in [0.1, 0.15) is 6.04 Å². The van der Waals surface area contributed by atoms with Gasteiger partial charge in [0.2, 0.25) is 11.8 Å². The van der Waals surface area contributed by atoms with Gasteiger partial charge in [0.05, 0.1) is 6.42 Å². The number of benzene rings is 2. The number of nitrogens with one attached hydrogen (secondary N) is 1. The van der Waals surface area contributed by atoms with E-state index >= 15 is 0 Å². The van der Waals surface area contributed by atoms with Gasteiger partial charge in [-0.1, -0.05) is 59.1 Å². The maximum atomic E-state index is 13.2. The van der Waals surface area contributed by atoms with Gasteiger partial charge in [-0.15, -0.1) is 0 Å². The molecule has 2 aromatic carbocycles. The van der Waals surface area contributed by atoms with E-state index in [-0.39, 0.29) is 24.8 Å². The van der Waals surface area contributed by atoms with Crippen LogP contribution in [0.5, 0.6) is 0 Å². The van der Waals surface area contributed by atoms with Gasteiger partial charge in [-0.05, 0) is 52.3 Å². The molecule has 29 heavy (non-hydrogen) atoms. The first-order valence-corrected chi connectivity index (χ1v) is 10.3. The van der Waals surface area contributed by atoms with Crippen molar-refractivity contribution in [1.82, 2.24) is 10.2 Å². The van der Waals surface area contributed by atoms with E-state index in [2.05, 4.69) is 5.32 Å². The number of aryl methyl sites for hydroxylation is 1. The third-order valence-corrected chi connectivity index (χ3v) is 5.24. The van der Waals surface area contributed by atoms with E-state index in [9.17, 15) is 9.59 Å². The van der Waals surface area contributed by atoms with Gasteiger partial charge < -0.3 is 10.2 Å². The minimum atomic E-state index is -0.681. The van der Waals surface area contributed by atoms with Gasteiger partial charge >= 0.3 is 0 Å². The van der Waals surface area contributed by atoms with Crippen LogP contribution in [0.2, 0.25) is 10.0 Å². The molecule has 0 saturated carbocycles. The van der Waals surface area contributed by atoms with Crippen molar-refractivity contribution in [3.05, 3.63) is 69.2 Å². The largest absolute Gasteiger partial charge is 0.350 e. The average Bonchev–Trinajstić information content (AvgIpc) is 2.61. The van der Waals surface area contributed by atoms with Gasteiger partial charge in [-0.3, -0.25) is 9.59 Å². The van der Waals surface area contributed by atoms with E-state index in [0.717, 1.165) is 11.1 Å². The lowest BCUT2D eigenvalue weighted by Crippen LogP contribution is -2.52. The van der Waals surface area contributed by atoms with Crippen LogP contribution in [-0.2, 0) is 22.6 Å². The predicted octanol–water partition coefficient (Wildman–Crippen LogP) is 5.18. The zero-order valence-electron chi connectivity index (χ0n) is 17.6. The topological polar surface area (TPSA) is 49.4 Å². The zero-order valence-corrected chi connectivity index (χ0v) is 19.1. The first-order chi connectivity index (χ1) is 13.5. The molecule has 0 heterocycles. The Kier molecular flexibility index (Phi) is 7.73. The lowest BCUT2D eigenvalue weighted by atomic mass is 10.1. The molecular weight excluding hydrogens is 407 g/mol. The van der Waals surface area contributed by atoms with Crippen LogP contribution < -0.4 is 5.32 Å². The molecule has 0 spiro atoms. The fraction of sp³-hybridized carbons (Fsp3) is 0.391. The smallest absolute Gasteiger partial charge is 0.242 e. The Morgan fingerprint density at radius 3 is 2.10 bits per heavy atom. The highest BCUT2D eigenvalue weighted by atomic mass is 35.5. The molecule has 6 heteroatoms. The Hall–Kier alpha value is -2.04. The lowest BCUT2D eigenvalue weighted by molar-refractivity contribution is -0.140. The van der Waals surface area contributed by atoms with Crippen LogP contribution in [0.1, 0.15) is 44.4 Å². The number of hydrogen-bond acceptors (Lipinski definition) is 2. The molecule has 0 aliphatic heterocycles. The normalized spacial score (nSPS) is 12.4. The van der Waals surface area contributed by atoms with E-state index in [1.165, 1.54) is 4.90 Å². The highest BCUT2D eigenvalue weighted by Gasteiger charge is 2.29. The number of carbonyl (C=O) groups excluding carboxylic acids is 2. The first kappa shape index (κ1) is 23.2. The quantitative estimate of drug-likeness (QED) is 0.680. The summed E-state index contributed by atoms with van der Waals surface area (Å²) in [6.45, 7) is 9.58. The summed E-state index contributed by atoms with van der Waals surface area (Å²) in [5.41, 5.74) is 2.24. The van der Waals surface area contributed by atoms with Gasteiger partial charge in [0.25, 0.3) is 0 Å². The third-order valence-electron chi connectivity index (χ3n) is 4.53. The summed E-state index contributed by atoms with van der Waals surface area (Å²) in [5, 5.41) is 3.88. The second-order valence-corrected chi connectivity index (χ2v) is 9.11. The molecule has 0 aliphatic rings. The SMILES string of the molecule is Cc1ccc(CC(=O)N(Cc2c(Cl)cccc2Cl)[C@H](C)C(=O)NC(C)(C)C)cc1. The Labute approximate surface area is 183 Å². The second-order valence-electron chi connectivity index (χ2n) is 8.30. The number of nitrogens with zero attached hydrogens (tertiary/aromatic N) is 1. The number of rotatable bonds is 6. The molecule has 1 atom stereocenters. The van der Waals surface area contributed by atoms with Crippen molar-refractivity contribution in [2.24, 2.45) is 0 Å². The molecule has 156 valence electrons. The van der Waals surface area contributed by atoms with Gasteiger partial charge in [-0.2, -0.15) is 0 Å². The van der Waals surface area contributed by atoms with Gasteiger partial charge in [0, 0.05) is 27.7 Å². The van der Waals surface area contributed by atoms with E-state index in [0.29, 0.717) is 15.6 Å². The van der Waals surface area contributed by atoms with Crippen molar-refractivity contribution in [2.45, 2.75) is 59.2 Å². The Morgan fingerprint density at radius 1 is 1.03 bits per heavy atom. The van der Waals surface area contributed by atoms with Crippen LogP contribution in [0, 0.1) is 6.92 Å². The maximum Gasteiger partial charge on any atom is 0.242 e. The molecule has 1 N–H and O–H groups in total. The van der Waals surface area contributed by atoms with Crippen LogP contribution in [0.15, 0.2) is 42.5 Å². The molecule has 0 fully saturated rings. The zero-order chi connectivity index (χ0) is 21.8. The van der Waals surface area contributed by atoms with Crippen LogP contribution in [0.25, 0.3) is 0 Å². The lowest BCUT2D eigenvalue weighted by Gasteiger charge is -2.32. The highest BCUT2D eigenvalue weighted by Crippen LogP contribution is 2.27. The summed E-state index contributed by atoms with van der Waals surface area (Å²) in [5.74, 6) is -0.390. The summed E-state index contributed by atoms with van der Waals surface area (Å²) in [4.78, 5) is 27.5. The van der Waals surface area contributed by atoms with Crippen molar-refractivity contribution in [2.75, 3.05) is 0 Å². The average molecular weight is 435 g/mol. The number of carbonyl (C=O) groups is 2. The molecule has 2 aromatic rings. The molecule has 0 aromatic heterocycles. The predicted molar refractivity (Wildman–Crippen MR) is 119 cm³/mol. The molecule has 4 nitrogen and oxygen atoms in total. The molecule has 2 amide bonds. The van der Waals surface area contributed by atoms with E-state index in [1.807, 2.05) is 52.0 Å². The van der Waals surface area contributed by atoms with Crippen LogP contribution in [-0.4, -0.2) is 28.3 Å². The minimum Gasteiger partial charge on any atom is -0.350 e. The van der Waals surface area contributed by atoms with Crippen LogP contribution in [0.4, 0.5) is 0 Å². The second kappa shape index (κ2) is 9.64. The van der Waals surface area contributed by atoms with Crippen molar-refractivity contribution in [1.29, 1.82) is 0 Å². The minimum absolute atomic E-state index is 0.155. The summed E-state index contributed by atoms with van der Waals surface area (Å²) >= 11 is 12.6. The van der Waals surface area contributed by atoms with Crippen molar-refractivity contribution < 1.29 is 9.59 Å². The summed E-state index contributed by atoms with van der Waals surface area (Å²) < 4.78 is 0. The fourth-order valence-electron chi connectivity index (χ4n) is 2.89. The maximum absolute atomic E-state index is 13.2. The number of halogens is 2. The molecule has 0 bridgehead atoms. The van der Waals surface area contributed by atoms with Crippen molar-refractivity contribution >= 4 is 35.0 Å². The summed E-state index contributed by atoms with van der Waals surface area (Å²) in [7, 11) is 0. The fourth-order valence-corrected chi connectivity index (χ4v) is 3.41. The molecular formula is C23H28Cl2N2O2. The molecule has 2 rings (SSSR count). The van der Waals surface area contributed by atoms with Crippen LogP contribution >= 0.6 is 23.2 Å². The van der Waals surface area contributed by atoms with Crippen molar-refractivity contribution in [3.63, 3.8) is 0 Å². The van der Waals surface area contributed by atoms with Crippen molar-refractivity contribution in [3.8, 4) is 0 Å². The van der Waals surface area contributed by atoms with Crippen LogP contribution in [0.3, 0.4) is 0 Å². The molecule has 0 radical (unpaired) electrons. The van der Waals surface area contributed by atoms with Gasteiger partial charge in [-0.25, -0.2) is 0 Å². The molecule has 0 aliphatic carbocycles. The standard InChI is InChI=1S/C23H28Cl2N2O2/c1-15-9-11-17(12-10-15)13-21(28)27(16(2)22(29)26-23(3,4)5)14-18-19(24)7-6-8-20(18)25/h6-12,16H,13-14H2,1-5H3,(H,26,29)/t16-/m1/s1. The highest BCUT2D eigenvalue weighted by molar-refractivity contribution is 6.36. The summed E-state index contributed by atoms with van der Waals surface area (Å²) in [6, 6.07) is 12.3. The molecule has 0 saturated heterocycles. The monoisotopic (exact) mass is 434 g/mol. The Bertz CT molecular complexity index is 853. The molecule has 0 unspecified atom stereocenters. The third kappa shape index (κ3) is 6.76. The van der Waals surface area contributed by atoms with Gasteiger partial charge in [0.15, 0.2) is 0 Å². The first-order valence-electron chi connectivity index (χ1n) is 9.58. The van der Waals surface area contributed by atoms with E-state index in [4.69, 9.17) is 23.2 Å². The Morgan fingerprint density at radius 2 is 1.59 bits per heavy atom. The van der Waals surface area contributed by atoms with E-state index in [1.54, 1.807) is 25.1 Å². The number of hydrogen-bond donors (Lipinski definition) is 1. The van der Waals surface area contributed by atoms with E-state index < -0.39 is 11.6 Å². The summed E-state index contributed by atoms with van der Waals surface area (Å²) in [6.07, 6.45) is 0.190. The number of amides is 2.